The van der Waals surface area contributed by atoms with E-state index in [9.17, 15) is 14.4 Å². The van der Waals surface area contributed by atoms with Gasteiger partial charge in [0.05, 0.1) is 0 Å². The van der Waals surface area contributed by atoms with Crippen molar-refractivity contribution in [2.24, 2.45) is 17.6 Å². The zero-order valence-corrected chi connectivity index (χ0v) is 17.0. The normalized spacial score (nSPS) is 15.8. The first kappa shape index (κ1) is 22.4. The Morgan fingerprint density at radius 2 is 1.72 bits per heavy atom. The molecule has 0 bridgehead atoms. The SMILES string of the molecule is CC(C)[C@H](CC(=O)N1CCC(CC(=O)O)CC1)NC(=O)c1ccc(C(=N)N)cc1. The molecule has 5 N–H and O–H groups in total. The van der Waals surface area contributed by atoms with Crippen molar-refractivity contribution in [2.45, 2.75) is 45.6 Å². The molecule has 1 aromatic carbocycles. The molecule has 0 aromatic heterocycles. The first-order chi connectivity index (χ1) is 13.7. The van der Waals surface area contributed by atoms with Gasteiger partial charge in [-0.1, -0.05) is 26.0 Å². The number of carboxylic acids is 1. The fourth-order valence-corrected chi connectivity index (χ4v) is 3.46. The third kappa shape index (κ3) is 6.58. The lowest BCUT2D eigenvalue weighted by Gasteiger charge is -2.33. The molecule has 0 aliphatic carbocycles. The molecule has 1 aliphatic rings. The lowest BCUT2D eigenvalue weighted by Crippen LogP contribution is -2.45. The molecule has 8 nitrogen and oxygen atoms in total. The molecule has 1 heterocycles. The molecule has 2 rings (SSSR count). The van der Waals surface area contributed by atoms with Crippen LogP contribution >= 0.6 is 0 Å². The van der Waals surface area contributed by atoms with Crippen molar-refractivity contribution in [3.63, 3.8) is 0 Å². The van der Waals surface area contributed by atoms with Crippen LogP contribution in [0.3, 0.4) is 0 Å². The van der Waals surface area contributed by atoms with Gasteiger partial charge in [0.15, 0.2) is 0 Å². The average molecular weight is 402 g/mol. The summed E-state index contributed by atoms with van der Waals surface area (Å²) in [6, 6.07) is 6.15. The quantitative estimate of drug-likeness (QED) is 0.388. The average Bonchev–Trinajstić information content (AvgIpc) is 2.67. The fourth-order valence-electron chi connectivity index (χ4n) is 3.46. The Morgan fingerprint density at radius 3 is 2.21 bits per heavy atom. The number of hydrogen-bond acceptors (Lipinski definition) is 4. The molecule has 1 aliphatic heterocycles. The molecule has 0 saturated carbocycles. The molecule has 0 spiro atoms. The number of amidine groups is 1. The Bertz CT molecular complexity index is 752. The summed E-state index contributed by atoms with van der Waals surface area (Å²) in [5.74, 6) is -0.959. The van der Waals surface area contributed by atoms with Gasteiger partial charge < -0.3 is 21.1 Å². The van der Waals surface area contributed by atoms with Crippen LogP contribution in [0.15, 0.2) is 24.3 Å². The number of nitrogen functional groups attached to an aromatic ring is 1. The van der Waals surface area contributed by atoms with Crippen LogP contribution in [0, 0.1) is 17.2 Å². The van der Waals surface area contributed by atoms with E-state index in [4.69, 9.17) is 16.2 Å². The van der Waals surface area contributed by atoms with Gasteiger partial charge in [-0.05, 0) is 36.8 Å². The number of nitrogens with two attached hydrogens (primary N) is 1. The van der Waals surface area contributed by atoms with Gasteiger partial charge in [0.25, 0.3) is 5.91 Å². The Kier molecular flexibility index (Phi) is 7.75. The third-order valence-corrected chi connectivity index (χ3v) is 5.40. The fraction of sp³-hybridized carbons (Fsp3) is 0.524. The van der Waals surface area contributed by atoms with Crippen LogP contribution in [0.5, 0.6) is 0 Å². The summed E-state index contributed by atoms with van der Waals surface area (Å²) in [5, 5.41) is 19.2. The Balaban J connectivity index is 1.92. The minimum atomic E-state index is -0.798. The second-order valence-electron chi connectivity index (χ2n) is 7.94. The van der Waals surface area contributed by atoms with Crippen molar-refractivity contribution >= 4 is 23.6 Å². The Hall–Kier alpha value is -2.90. The first-order valence-corrected chi connectivity index (χ1v) is 9.92. The van der Waals surface area contributed by atoms with E-state index in [1.807, 2.05) is 13.8 Å². The van der Waals surface area contributed by atoms with Gasteiger partial charge in [0.1, 0.15) is 5.84 Å². The molecule has 0 unspecified atom stereocenters. The number of amides is 2. The molecule has 2 amide bonds. The van der Waals surface area contributed by atoms with Gasteiger partial charge in [-0.15, -0.1) is 0 Å². The number of hydrogen-bond donors (Lipinski definition) is 4. The van der Waals surface area contributed by atoms with Gasteiger partial charge >= 0.3 is 5.97 Å². The van der Waals surface area contributed by atoms with Crippen LogP contribution < -0.4 is 11.1 Å². The second kappa shape index (κ2) is 10.0. The van der Waals surface area contributed by atoms with Gasteiger partial charge in [-0.2, -0.15) is 0 Å². The van der Waals surface area contributed by atoms with Gasteiger partial charge in [0, 0.05) is 43.1 Å². The zero-order valence-electron chi connectivity index (χ0n) is 17.0. The highest BCUT2D eigenvalue weighted by Gasteiger charge is 2.27. The number of aliphatic carboxylic acids is 1. The van der Waals surface area contributed by atoms with E-state index >= 15 is 0 Å². The molecule has 1 atom stereocenters. The molecule has 8 heteroatoms. The molecular formula is C21H30N4O4. The van der Waals surface area contributed by atoms with Crippen LogP contribution in [-0.2, 0) is 9.59 Å². The predicted octanol–water partition coefficient (Wildman–Crippen LogP) is 1.83. The molecule has 1 saturated heterocycles. The van der Waals surface area contributed by atoms with Crippen LogP contribution in [-0.4, -0.2) is 52.8 Å². The van der Waals surface area contributed by atoms with E-state index in [0.717, 1.165) is 0 Å². The number of benzene rings is 1. The van der Waals surface area contributed by atoms with Crippen molar-refractivity contribution in [3.05, 3.63) is 35.4 Å². The zero-order chi connectivity index (χ0) is 21.6. The topological polar surface area (TPSA) is 137 Å². The maximum absolute atomic E-state index is 12.7. The van der Waals surface area contributed by atoms with Crippen molar-refractivity contribution in [2.75, 3.05) is 13.1 Å². The maximum Gasteiger partial charge on any atom is 0.303 e. The number of likely N-dealkylation sites (tertiary alicyclic amines) is 1. The summed E-state index contributed by atoms with van der Waals surface area (Å²) < 4.78 is 0. The highest BCUT2D eigenvalue weighted by atomic mass is 16.4. The maximum atomic E-state index is 12.7. The summed E-state index contributed by atoms with van der Waals surface area (Å²) in [7, 11) is 0. The minimum absolute atomic E-state index is 0.0234. The molecule has 1 aromatic rings. The number of piperidine rings is 1. The van der Waals surface area contributed by atoms with Crippen molar-refractivity contribution in [1.82, 2.24) is 10.2 Å². The monoisotopic (exact) mass is 402 g/mol. The second-order valence-corrected chi connectivity index (χ2v) is 7.94. The van der Waals surface area contributed by atoms with E-state index in [0.29, 0.717) is 37.1 Å². The summed E-state index contributed by atoms with van der Waals surface area (Å²) in [4.78, 5) is 37.9. The third-order valence-electron chi connectivity index (χ3n) is 5.40. The van der Waals surface area contributed by atoms with Crippen LogP contribution in [0.25, 0.3) is 0 Å². The van der Waals surface area contributed by atoms with E-state index in [-0.39, 0.29) is 48.4 Å². The van der Waals surface area contributed by atoms with E-state index in [2.05, 4.69) is 5.32 Å². The molecule has 29 heavy (non-hydrogen) atoms. The van der Waals surface area contributed by atoms with E-state index in [1.165, 1.54) is 0 Å². The lowest BCUT2D eigenvalue weighted by molar-refractivity contribution is -0.138. The molecular weight excluding hydrogens is 372 g/mol. The van der Waals surface area contributed by atoms with Crippen molar-refractivity contribution in [3.8, 4) is 0 Å². The number of nitrogens with one attached hydrogen (secondary N) is 2. The van der Waals surface area contributed by atoms with Crippen LogP contribution in [0.1, 0.15) is 55.5 Å². The van der Waals surface area contributed by atoms with Crippen molar-refractivity contribution < 1.29 is 19.5 Å². The highest BCUT2D eigenvalue weighted by molar-refractivity contribution is 5.98. The van der Waals surface area contributed by atoms with Crippen molar-refractivity contribution in [1.29, 1.82) is 5.41 Å². The number of nitrogens with zero attached hydrogens (tertiary/aromatic N) is 1. The molecule has 1 fully saturated rings. The number of carboxylic acid groups (broad SMARTS) is 1. The first-order valence-electron chi connectivity index (χ1n) is 9.92. The van der Waals surface area contributed by atoms with Gasteiger partial charge in [-0.3, -0.25) is 19.8 Å². The van der Waals surface area contributed by atoms with Crippen LogP contribution in [0.2, 0.25) is 0 Å². The predicted molar refractivity (Wildman–Crippen MR) is 110 cm³/mol. The van der Waals surface area contributed by atoms with E-state index in [1.54, 1.807) is 29.2 Å². The Labute approximate surface area is 171 Å². The number of rotatable bonds is 8. The highest BCUT2D eigenvalue weighted by Crippen LogP contribution is 2.22. The number of carbonyl (C=O) groups is 3. The summed E-state index contributed by atoms with van der Waals surface area (Å²) in [6.07, 6.45) is 1.74. The smallest absolute Gasteiger partial charge is 0.303 e. The van der Waals surface area contributed by atoms with Gasteiger partial charge in [-0.25, -0.2) is 0 Å². The van der Waals surface area contributed by atoms with E-state index < -0.39 is 5.97 Å². The summed E-state index contributed by atoms with van der Waals surface area (Å²) in [5.41, 5.74) is 6.42. The minimum Gasteiger partial charge on any atom is -0.481 e. The molecule has 158 valence electrons. The van der Waals surface area contributed by atoms with Gasteiger partial charge in [0.2, 0.25) is 5.91 Å². The largest absolute Gasteiger partial charge is 0.481 e. The Morgan fingerprint density at radius 1 is 1.17 bits per heavy atom. The lowest BCUT2D eigenvalue weighted by atomic mass is 9.92. The molecule has 0 radical (unpaired) electrons. The summed E-state index contributed by atoms with van der Waals surface area (Å²) >= 11 is 0. The summed E-state index contributed by atoms with van der Waals surface area (Å²) in [6.45, 7) is 5.02. The van der Waals surface area contributed by atoms with Crippen LogP contribution in [0.4, 0.5) is 0 Å². The number of carbonyl (C=O) groups excluding carboxylic acids is 2. The standard InChI is InChI=1S/C21H30N4O4/c1-13(2)17(24-21(29)16-5-3-15(4-6-16)20(22)23)12-18(26)25-9-7-14(8-10-25)11-19(27)28/h3-6,13-14,17H,7-12H2,1-2H3,(H3,22,23)(H,24,29)(H,27,28)/t17-/m0/s1.